The maximum atomic E-state index is 12.7. The van der Waals surface area contributed by atoms with Crippen LogP contribution >= 0.6 is 0 Å². The van der Waals surface area contributed by atoms with Crippen LogP contribution in [-0.4, -0.2) is 38.6 Å². The predicted octanol–water partition coefficient (Wildman–Crippen LogP) is 0.937. The molecule has 0 bridgehead atoms. The third-order valence-corrected chi connectivity index (χ3v) is 2.49. The van der Waals surface area contributed by atoms with E-state index in [1.807, 2.05) is 0 Å². The van der Waals surface area contributed by atoms with E-state index in [1.165, 1.54) is 35.1 Å². The average Bonchev–Trinajstić information content (AvgIpc) is 2.90. The lowest BCUT2D eigenvalue weighted by Gasteiger charge is -2.07. The molecule has 2 aromatic rings. The molecule has 1 aromatic heterocycles. The molecule has 1 heterocycles. The molecular formula is C12H12FN5O3. The van der Waals surface area contributed by atoms with Crippen molar-refractivity contribution in [3.8, 4) is 0 Å². The third kappa shape index (κ3) is 4.27. The zero-order valence-electron chi connectivity index (χ0n) is 10.8. The molecule has 0 saturated carbocycles. The van der Waals surface area contributed by atoms with Gasteiger partial charge in [-0.05, 0) is 24.3 Å². The second-order valence-electron chi connectivity index (χ2n) is 4.06. The van der Waals surface area contributed by atoms with Gasteiger partial charge >= 0.3 is 12.0 Å². The number of rotatable bonds is 5. The van der Waals surface area contributed by atoms with Crippen molar-refractivity contribution in [3.05, 3.63) is 42.0 Å². The Balaban J connectivity index is 1.76. The minimum absolute atomic E-state index is 0.161. The number of hydrogen-bond donors (Lipinski definition) is 3. The number of urea groups is 1. The fourth-order valence-electron chi connectivity index (χ4n) is 1.50. The Labute approximate surface area is 118 Å². The summed E-state index contributed by atoms with van der Waals surface area (Å²) < 4.78 is 14.0. The van der Waals surface area contributed by atoms with Gasteiger partial charge in [-0.3, -0.25) is 0 Å². The summed E-state index contributed by atoms with van der Waals surface area (Å²) in [4.78, 5) is 22.1. The Morgan fingerprint density at radius 2 is 2.00 bits per heavy atom. The van der Waals surface area contributed by atoms with E-state index >= 15 is 0 Å². The fraction of sp³-hybridized carbons (Fsp3) is 0.167. The van der Waals surface area contributed by atoms with Gasteiger partial charge in [-0.15, -0.1) is 5.10 Å². The molecule has 110 valence electrons. The van der Waals surface area contributed by atoms with Crippen molar-refractivity contribution in [1.82, 2.24) is 20.3 Å². The molecule has 2 amide bonds. The van der Waals surface area contributed by atoms with Crippen molar-refractivity contribution < 1.29 is 19.1 Å². The number of nitrogens with one attached hydrogen (secondary N) is 2. The monoisotopic (exact) mass is 293 g/mol. The number of carbonyl (C=O) groups excluding carboxylic acids is 1. The molecule has 0 aliphatic heterocycles. The maximum absolute atomic E-state index is 12.7. The van der Waals surface area contributed by atoms with E-state index in [0.717, 1.165) is 0 Å². The van der Waals surface area contributed by atoms with Gasteiger partial charge in [-0.25, -0.2) is 18.7 Å². The minimum Gasteiger partial charge on any atom is -0.476 e. The summed E-state index contributed by atoms with van der Waals surface area (Å²) in [5.41, 5.74) is 0.300. The van der Waals surface area contributed by atoms with Crippen LogP contribution in [0.1, 0.15) is 10.5 Å². The van der Waals surface area contributed by atoms with Gasteiger partial charge in [-0.2, -0.15) is 0 Å². The lowest BCUT2D eigenvalue weighted by atomic mass is 10.3. The highest BCUT2D eigenvalue weighted by atomic mass is 19.1. The van der Waals surface area contributed by atoms with E-state index in [4.69, 9.17) is 5.11 Å². The van der Waals surface area contributed by atoms with Crippen molar-refractivity contribution in [1.29, 1.82) is 0 Å². The van der Waals surface area contributed by atoms with Crippen molar-refractivity contribution in [2.24, 2.45) is 0 Å². The number of aromatic nitrogens is 3. The van der Waals surface area contributed by atoms with Crippen LogP contribution < -0.4 is 10.6 Å². The predicted molar refractivity (Wildman–Crippen MR) is 70.4 cm³/mol. The van der Waals surface area contributed by atoms with Crippen molar-refractivity contribution in [2.45, 2.75) is 6.54 Å². The number of amides is 2. The maximum Gasteiger partial charge on any atom is 0.358 e. The SMILES string of the molecule is O=C(NCCn1cc(C(=O)O)nn1)Nc1ccc(F)cc1. The molecule has 21 heavy (non-hydrogen) atoms. The molecule has 1 aromatic carbocycles. The molecule has 9 heteroatoms. The van der Waals surface area contributed by atoms with E-state index in [1.54, 1.807) is 0 Å². The average molecular weight is 293 g/mol. The van der Waals surface area contributed by atoms with E-state index < -0.39 is 12.0 Å². The summed E-state index contributed by atoms with van der Waals surface area (Å²) in [6.45, 7) is 0.507. The molecule has 0 unspecified atom stereocenters. The molecular weight excluding hydrogens is 281 g/mol. The van der Waals surface area contributed by atoms with Crippen LogP contribution in [0.2, 0.25) is 0 Å². The first-order valence-corrected chi connectivity index (χ1v) is 5.98. The van der Waals surface area contributed by atoms with Gasteiger partial charge in [0.1, 0.15) is 5.82 Å². The molecule has 8 nitrogen and oxygen atoms in total. The molecule has 0 saturated heterocycles. The van der Waals surface area contributed by atoms with E-state index in [9.17, 15) is 14.0 Å². The van der Waals surface area contributed by atoms with E-state index in [2.05, 4.69) is 20.9 Å². The van der Waals surface area contributed by atoms with Gasteiger partial charge in [-0.1, -0.05) is 5.21 Å². The Bertz CT molecular complexity index is 641. The first kappa shape index (κ1) is 14.4. The highest BCUT2D eigenvalue weighted by molar-refractivity contribution is 5.89. The molecule has 0 atom stereocenters. The molecule has 0 spiro atoms. The Hall–Kier alpha value is -2.97. The quantitative estimate of drug-likeness (QED) is 0.760. The number of benzene rings is 1. The molecule has 0 aliphatic carbocycles. The van der Waals surface area contributed by atoms with Crippen molar-refractivity contribution >= 4 is 17.7 Å². The topological polar surface area (TPSA) is 109 Å². The van der Waals surface area contributed by atoms with Gasteiger partial charge in [0.05, 0.1) is 12.7 Å². The Morgan fingerprint density at radius 3 is 2.62 bits per heavy atom. The molecule has 3 N–H and O–H groups in total. The zero-order valence-corrected chi connectivity index (χ0v) is 10.8. The number of nitrogens with zero attached hydrogens (tertiary/aromatic N) is 3. The van der Waals surface area contributed by atoms with Crippen molar-refractivity contribution in [3.63, 3.8) is 0 Å². The molecule has 0 radical (unpaired) electrons. The lowest BCUT2D eigenvalue weighted by molar-refractivity contribution is 0.0690. The smallest absolute Gasteiger partial charge is 0.358 e. The van der Waals surface area contributed by atoms with Crippen LogP contribution in [0.5, 0.6) is 0 Å². The minimum atomic E-state index is -1.16. The summed E-state index contributed by atoms with van der Waals surface area (Å²) in [7, 11) is 0. The fourth-order valence-corrected chi connectivity index (χ4v) is 1.50. The van der Waals surface area contributed by atoms with Crippen LogP contribution in [0.15, 0.2) is 30.5 Å². The highest BCUT2D eigenvalue weighted by Gasteiger charge is 2.08. The number of halogens is 1. The van der Waals surface area contributed by atoms with E-state index in [0.29, 0.717) is 5.69 Å². The zero-order chi connectivity index (χ0) is 15.2. The van der Waals surface area contributed by atoms with Gasteiger partial charge in [0, 0.05) is 12.2 Å². The van der Waals surface area contributed by atoms with Gasteiger partial charge in [0.15, 0.2) is 5.69 Å². The van der Waals surface area contributed by atoms with Crippen molar-refractivity contribution in [2.75, 3.05) is 11.9 Å². The van der Waals surface area contributed by atoms with Gasteiger partial charge in [0.25, 0.3) is 0 Å². The van der Waals surface area contributed by atoms with Crippen LogP contribution in [-0.2, 0) is 6.54 Å². The normalized spacial score (nSPS) is 10.1. The lowest BCUT2D eigenvalue weighted by Crippen LogP contribution is -2.31. The first-order chi connectivity index (χ1) is 10.0. The number of carbonyl (C=O) groups is 2. The summed E-state index contributed by atoms with van der Waals surface area (Å²) in [6, 6.07) is 4.88. The van der Waals surface area contributed by atoms with Crippen LogP contribution in [0.4, 0.5) is 14.9 Å². The Kier molecular flexibility index (Phi) is 4.44. The third-order valence-electron chi connectivity index (χ3n) is 2.49. The number of aromatic carboxylic acids is 1. The summed E-state index contributed by atoms with van der Waals surface area (Å²) in [6.07, 6.45) is 1.27. The summed E-state index contributed by atoms with van der Waals surface area (Å²) >= 11 is 0. The second-order valence-corrected chi connectivity index (χ2v) is 4.06. The van der Waals surface area contributed by atoms with Gasteiger partial charge < -0.3 is 15.7 Å². The van der Waals surface area contributed by atoms with Crippen LogP contribution in [0.25, 0.3) is 0 Å². The van der Waals surface area contributed by atoms with Crippen LogP contribution in [0.3, 0.4) is 0 Å². The largest absolute Gasteiger partial charge is 0.476 e. The van der Waals surface area contributed by atoms with Crippen LogP contribution in [0, 0.1) is 5.82 Å². The summed E-state index contributed by atoms with van der Waals surface area (Å²) in [5.74, 6) is -1.55. The van der Waals surface area contributed by atoms with Gasteiger partial charge in [0.2, 0.25) is 0 Å². The number of hydrogen-bond acceptors (Lipinski definition) is 4. The molecule has 0 aliphatic rings. The standard InChI is InChI=1S/C12H12FN5O3/c13-8-1-3-9(4-2-8)15-12(21)14-5-6-18-7-10(11(19)20)16-17-18/h1-4,7H,5-6H2,(H,19,20)(H2,14,15,21). The Morgan fingerprint density at radius 1 is 1.29 bits per heavy atom. The summed E-state index contributed by atoms with van der Waals surface area (Å²) in [5, 5.41) is 20.8. The van der Waals surface area contributed by atoms with E-state index in [-0.39, 0.29) is 24.6 Å². The number of carboxylic acids is 1. The molecule has 2 rings (SSSR count). The number of carboxylic acid groups (broad SMARTS) is 1. The number of anilines is 1. The highest BCUT2D eigenvalue weighted by Crippen LogP contribution is 2.07. The second kappa shape index (κ2) is 6.46. The molecule has 0 fully saturated rings. The first-order valence-electron chi connectivity index (χ1n) is 5.98.